The number of aliphatic hydroxyl groups excluding tert-OH is 1. The third kappa shape index (κ3) is 4.58. The van der Waals surface area contributed by atoms with Gasteiger partial charge in [-0.3, -0.25) is 9.59 Å². The molecule has 1 N–H and O–H groups in total. The molecule has 0 aliphatic carbocycles. The number of hydrogen-bond acceptors (Lipinski definition) is 5. The van der Waals surface area contributed by atoms with Gasteiger partial charge in [0.2, 0.25) is 0 Å². The molecule has 1 aliphatic heterocycles. The van der Waals surface area contributed by atoms with E-state index in [1.54, 1.807) is 67.6 Å². The van der Waals surface area contributed by atoms with Crippen LogP contribution < -0.4 is 0 Å². The van der Waals surface area contributed by atoms with Gasteiger partial charge in [0.05, 0.1) is 23.8 Å². The van der Waals surface area contributed by atoms with Crippen molar-refractivity contribution in [2.45, 2.75) is 19.5 Å². The molecular formula is C27H22ClNO5. The van der Waals surface area contributed by atoms with Gasteiger partial charge < -0.3 is 14.7 Å². The molecule has 1 heterocycles. The van der Waals surface area contributed by atoms with E-state index in [9.17, 15) is 19.5 Å². The van der Waals surface area contributed by atoms with Crippen LogP contribution in [0.1, 0.15) is 40.0 Å². The van der Waals surface area contributed by atoms with Crippen molar-refractivity contribution in [2.24, 2.45) is 0 Å². The summed E-state index contributed by atoms with van der Waals surface area (Å²) in [5, 5.41) is 11.5. The lowest BCUT2D eigenvalue weighted by molar-refractivity contribution is -0.140. The highest BCUT2D eigenvalue weighted by Gasteiger charge is 2.46. The highest BCUT2D eigenvalue weighted by Crippen LogP contribution is 2.40. The first-order valence-electron chi connectivity index (χ1n) is 10.8. The third-order valence-electron chi connectivity index (χ3n) is 5.57. The van der Waals surface area contributed by atoms with E-state index in [0.717, 1.165) is 5.56 Å². The van der Waals surface area contributed by atoms with Crippen LogP contribution in [0, 0.1) is 0 Å². The lowest BCUT2D eigenvalue weighted by Gasteiger charge is -2.25. The normalized spacial score (nSPS) is 17.1. The minimum Gasteiger partial charge on any atom is -0.507 e. The number of amides is 1. The van der Waals surface area contributed by atoms with E-state index >= 15 is 0 Å². The largest absolute Gasteiger partial charge is 0.507 e. The number of halogens is 1. The molecule has 3 aromatic rings. The monoisotopic (exact) mass is 475 g/mol. The minimum absolute atomic E-state index is 0.00149. The van der Waals surface area contributed by atoms with Crippen LogP contribution in [0.25, 0.3) is 5.76 Å². The maximum Gasteiger partial charge on any atom is 0.338 e. The molecular weight excluding hydrogens is 454 g/mol. The molecule has 1 aliphatic rings. The van der Waals surface area contributed by atoms with Gasteiger partial charge in [0, 0.05) is 17.1 Å². The Kier molecular flexibility index (Phi) is 6.80. The lowest BCUT2D eigenvalue weighted by Crippen LogP contribution is -2.29. The number of Topliss-reactive ketones (excluding diaryl/α,β-unsaturated/α-hetero) is 1. The number of ether oxygens (including phenoxy) is 1. The number of likely N-dealkylation sites (tertiary alicyclic amines) is 1. The standard InChI is InChI=1S/C27H22ClNO5/c1-2-34-27(33)19-13-11-17(12-14-19)16-29-23(18-7-4-3-5-8-18)22(25(31)26(29)32)24(30)20-9-6-10-21(28)15-20/h3-15,23,30H,2,16H2,1H3/b24-22+. The Balaban J connectivity index is 1.75. The zero-order valence-electron chi connectivity index (χ0n) is 18.4. The third-order valence-corrected chi connectivity index (χ3v) is 5.81. The molecule has 1 saturated heterocycles. The molecule has 0 saturated carbocycles. The van der Waals surface area contributed by atoms with Crippen molar-refractivity contribution in [3.05, 3.63) is 112 Å². The summed E-state index contributed by atoms with van der Waals surface area (Å²) in [7, 11) is 0. The lowest BCUT2D eigenvalue weighted by atomic mass is 9.95. The maximum atomic E-state index is 13.1. The molecule has 1 unspecified atom stereocenters. The Morgan fingerprint density at radius 1 is 0.971 bits per heavy atom. The SMILES string of the molecule is CCOC(=O)c1ccc(CN2C(=O)C(=O)/C(=C(/O)c3cccc(Cl)c3)C2c2ccccc2)cc1. The summed E-state index contributed by atoms with van der Waals surface area (Å²) in [6.07, 6.45) is 0. The Labute approximate surface area is 202 Å². The summed E-state index contributed by atoms with van der Waals surface area (Å²) in [5.41, 5.74) is 2.16. The van der Waals surface area contributed by atoms with Crippen molar-refractivity contribution >= 4 is 35.0 Å². The molecule has 4 rings (SSSR count). The van der Waals surface area contributed by atoms with Gasteiger partial charge in [0.1, 0.15) is 5.76 Å². The zero-order chi connectivity index (χ0) is 24.2. The maximum absolute atomic E-state index is 13.1. The Hall–Kier alpha value is -3.90. The predicted octanol–water partition coefficient (Wildman–Crippen LogP) is 5.14. The summed E-state index contributed by atoms with van der Waals surface area (Å²) in [6, 6.07) is 21.4. The number of rotatable bonds is 6. The van der Waals surface area contributed by atoms with Gasteiger partial charge in [0.25, 0.3) is 11.7 Å². The van der Waals surface area contributed by atoms with E-state index in [0.29, 0.717) is 21.7 Å². The highest BCUT2D eigenvalue weighted by molar-refractivity contribution is 6.46. The van der Waals surface area contributed by atoms with Crippen LogP contribution in [0.2, 0.25) is 5.02 Å². The van der Waals surface area contributed by atoms with E-state index in [-0.39, 0.29) is 24.5 Å². The van der Waals surface area contributed by atoms with Gasteiger partial charge in [0.15, 0.2) is 0 Å². The Bertz CT molecular complexity index is 1270. The molecule has 0 aromatic heterocycles. The number of esters is 1. The number of hydrogen-bond donors (Lipinski definition) is 1. The van der Waals surface area contributed by atoms with Crippen molar-refractivity contribution in [1.82, 2.24) is 4.90 Å². The smallest absolute Gasteiger partial charge is 0.338 e. The number of aliphatic hydroxyl groups is 1. The fourth-order valence-electron chi connectivity index (χ4n) is 3.97. The molecule has 172 valence electrons. The second kappa shape index (κ2) is 9.93. The van der Waals surface area contributed by atoms with Gasteiger partial charge in [-0.05, 0) is 42.3 Å². The average Bonchev–Trinajstić information content (AvgIpc) is 3.09. The fourth-order valence-corrected chi connectivity index (χ4v) is 4.16. The molecule has 0 bridgehead atoms. The zero-order valence-corrected chi connectivity index (χ0v) is 19.2. The van der Waals surface area contributed by atoms with Crippen molar-refractivity contribution in [3.8, 4) is 0 Å². The second-order valence-electron chi connectivity index (χ2n) is 7.77. The first-order valence-corrected chi connectivity index (χ1v) is 11.1. The summed E-state index contributed by atoms with van der Waals surface area (Å²) in [5.74, 6) is -2.20. The molecule has 34 heavy (non-hydrogen) atoms. The van der Waals surface area contributed by atoms with Gasteiger partial charge in [-0.1, -0.05) is 66.2 Å². The van der Waals surface area contributed by atoms with Crippen LogP contribution in [0.15, 0.2) is 84.4 Å². The van der Waals surface area contributed by atoms with Crippen LogP contribution in [0.5, 0.6) is 0 Å². The first kappa shape index (κ1) is 23.3. The number of benzene rings is 3. The van der Waals surface area contributed by atoms with Crippen molar-refractivity contribution < 1.29 is 24.2 Å². The summed E-state index contributed by atoms with van der Waals surface area (Å²) < 4.78 is 5.01. The van der Waals surface area contributed by atoms with Crippen LogP contribution in [-0.4, -0.2) is 34.3 Å². The fraction of sp³-hybridized carbons (Fsp3) is 0.148. The van der Waals surface area contributed by atoms with Gasteiger partial charge >= 0.3 is 5.97 Å². The van der Waals surface area contributed by atoms with Crippen LogP contribution in [0.3, 0.4) is 0 Å². The quantitative estimate of drug-likeness (QED) is 0.231. The van der Waals surface area contributed by atoms with E-state index in [1.807, 2.05) is 18.2 Å². The minimum atomic E-state index is -0.787. The second-order valence-corrected chi connectivity index (χ2v) is 8.20. The molecule has 1 fully saturated rings. The van der Waals surface area contributed by atoms with E-state index < -0.39 is 23.7 Å². The average molecular weight is 476 g/mol. The van der Waals surface area contributed by atoms with Crippen molar-refractivity contribution in [1.29, 1.82) is 0 Å². The van der Waals surface area contributed by atoms with Crippen molar-refractivity contribution in [2.75, 3.05) is 6.61 Å². The van der Waals surface area contributed by atoms with Gasteiger partial charge in [-0.15, -0.1) is 0 Å². The van der Waals surface area contributed by atoms with Crippen LogP contribution in [-0.2, 0) is 20.9 Å². The summed E-state index contributed by atoms with van der Waals surface area (Å²) in [6.45, 7) is 2.12. The molecule has 1 amide bonds. The van der Waals surface area contributed by atoms with Crippen LogP contribution in [0.4, 0.5) is 0 Å². The Morgan fingerprint density at radius 3 is 2.32 bits per heavy atom. The van der Waals surface area contributed by atoms with Gasteiger partial charge in [-0.2, -0.15) is 0 Å². The number of ketones is 1. The molecule has 3 aromatic carbocycles. The molecule has 0 spiro atoms. The van der Waals surface area contributed by atoms with Gasteiger partial charge in [-0.25, -0.2) is 4.79 Å². The topological polar surface area (TPSA) is 83.9 Å². The number of nitrogens with zero attached hydrogens (tertiary/aromatic N) is 1. The Morgan fingerprint density at radius 2 is 1.68 bits per heavy atom. The molecule has 0 radical (unpaired) electrons. The summed E-state index contributed by atoms with van der Waals surface area (Å²) in [4.78, 5) is 39.6. The first-order chi connectivity index (χ1) is 16.4. The van der Waals surface area contributed by atoms with Crippen molar-refractivity contribution in [3.63, 3.8) is 0 Å². The van der Waals surface area contributed by atoms with E-state index in [1.165, 1.54) is 4.90 Å². The summed E-state index contributed by atoms with van der Waals surface area (Å²) >= 11 is 6.08. The highest BCUT2D eigenvalue weighted by atomic mass is 35.5. The number of carbonyl (C=O) groups is 3. The predicted molar refractivity (Wildman–Crippen MR) is 128 cm³/mol. The number of carbonyl (C=O) groups excluding carboxylic acids is 3. The van der Waals surface area contributed by atoms with Crippen LogP contribution >= 0.6 is 11.6 Å². The molecule has 1 atom stereocenters. The van der Waals surface area contributed by atoms with E-state index in [2.05, 4.69) is 0 Å². The molecule has 6 nitrogen and oxygen atoms in total. The van der Waals surface area contributed by atoms with E-state index in [4.69, 9.17) is 16.3 Å². The molecule has 7 heteroatoms.